The van der Waals surface area contributed by atoms with E-state index in [0.29, 0.717) is 64.7 Å². The molecule has 6 heterocycles. The van der Waals surface area contributed by atoms with Gasteiger partial charge in [0.15, 0.2) is 0 Å². The van der Waals surface area contributed by atoms with E-state index in [-0.39, 0.29) is 94.7 Å². The number of fused-ring (bicyclic) bond motifs is 4. The Balaban J connectivity index is 0.822. The highest BCUT2D eigenvalue weighted by Gasteiger charge is 2.29. The molecule has 0 unspecified atom stereocenters. The first-order valence-corrected chi connectivity index (χ1v) is 25.6. The Kier molecular flexibility index (Phi) is 14.9. The number of nitrogens with two attached hydrogens (primary N) is 2. The number of aromatic nitrogens is 6. The van der Waals surface area contributed by atoms with Crippen LogP contribution in [-0.4, -0.2) is 99.9 Å². The van der Waals surface area contributed by atoms with Crippen LogP contribution in [0.15, 0.2) is 141 Å². The van der Waals surface area contributed by atoms with Crippen molar-refractivity contribution in [1.82, 2.24) is 27.9 Å². The van der Waals surface area contributed by atoms with Crippen LogP contribution in [0.3, 0.4) is 0 Å². The summed E-state index contributed by atoms with van der Waals surface area (Å²) in [5.74, 6) is -5.05. The number of carboxylic acids is 2. The van der Waals surface area contributed by atoms with Crippen molar-refractivity contribution in [1.29, 1.82) is 0 Å². The Morgan fingerprint density at radius 2 is 0.915 bits per heavy atom. The van der Waals surface area contributed by atoms with Crippen molar-refractivity contribution in [3.8, 4) is 22.3 Å². The molecule has 8 N–H and O–H groups in total. The molecule has 0 spiro atoms. The number of aromatic amines is 2. The average Bonchev–Trinajstić information content (AvgIpc) is 2.64. The number of carbonyl (C=O) groups is 6. The molecule has 82 heavy (non-hydrogen) atoms. The lowest BCUT2D eigenvalue weighted by atomic mass is 9.91. The minimum atomic E-state index is -1.37. The first-order valence-electron chi connectivity index (χ1n) is 25.6. The number of benzene rings is 4. The predicted octanol–water partition coefficient (Wildman–Crippen LogP) is 4.80. The quantitative estimate of drug-likeness (QED) is 0.0416. The fraction of sp³-hybridized carbons (Fsp3) is 0.167. The molecular formula is C60H50N8O14. The number of ether oxygens (including phenoxy) is 2. The van der Waals surface area contributed by atoms with Gasteiger partial charge in [0.25, 0.3) is 11.1 Å². The van der Waals surface area contributed by atoms with Gasteiger partial charge in [-0.25, -0.2) is 18.7 Å². The Morgan fingerprint density at radius 3 is 1.29 bits per heavy atom. The van der Waals surface area contributed by atoms with E-state index in [2.05, 4.69) is 9.97 Å². The Morgan fingerprint density at radius 1 is 0.512 bits per heavy atom. The highest BCUT2D eigenvalue weighted by Crippen LogP contribution is 2.39. The van der Waals surface area contributed by atoms with E-state index < -0.39 is 70.9 Å². The molecule has 0 saturated heterocycles. The molecule has 0 aliphatic rings. The summed E-state index contributed by atoms with van der Waals surface area (Å²) >= 11 is 0. The molecule has 10 aromatic rings. The molecule has 22 heteroatoms. The smallest absolute Gasteiger partial charge is 0.329 e. The first kappa shape index (κ1) is 54.8. The van der Waals surface area contributed by atoms with E-state index in [0.717, 1.165) is 0 Å². The van der Waals surface area contributed by atoms with Gasteiger partial charge in [-0.1, -0.05) is 60.7 Å². The minimum absolute atomic E-state index is 0.0183. The van der Waals surface area contributed by atoms with Crippen molar-refractivity contribution >= 4 is 68.2 Å². The van der Waals surface area contributed by atoms with E-state index in [1.165, 1.54) is 36.4 Å². The van der Waals surface area contributed by atoms with Crippen LogP contribution < -0.4 is 34.0 Å². The second-order valence-electron chi connectivity index (χ2n) is 19.4. The third kappa shape index (κ3) is 9.98. The lowest BCUT2D eigenvalue weighted by Crippen LogP contribution is -2.37. The van der Waals surface area contributed by atoms with Gasteiger partial charge in [0, 0.05) is 34.6 Å². The van der Waals surface area contributed by atoms with Gasteiger partial charge < -0.3 is 49.9 Å². The molecule has 6 aromatic heterocycles. The highest BCUT2D eigenvalue weighted by molar-refractivity contribution is 6.15. The summed E-state index contributed by atoms with van der Waals surface area (Å²) in [6.07, 6.45) is 3.97. The zero-order valence-corrected chi connectivity index (χ0v) is 43.9. The number of nitrogens with one attached hydrogen (secondary N) is 2. The van der Waals surface area contributed by atoms with Crippen molar-refractivity contribution in [3.05, 3.63) is 219 Å². The van der Waals surface area contributed by atoms with Crippen molar-refractivity contribution in [3.63, 3.8) is 0 Å². The number of carbonyl (C=O) groups excluding carboxylic acids is 4. The second kappa shape index (κ2) is 22.3. The van der Waals surface area contributed by atoms with E-state index >= 15 is 0 Å². The Bertz CT molecular complexity index is 4320. The predicted molar refractivity (Wildman–Crippen MR) is 301 cm³/mol. The molecule has 414 valence electrons. The first-order chi connectivity index (χ1) is 39.4. The number of nitrogens with zero attached hydrogens (tertiary/aromatic N) is 4. The molecule has 22 nitrogen and oxygen atoms in total. The maximum atomic E-state index is 14.4. The molecule has 4 aromatic carbocycles. The molecule has 0 radical (unpaired) electrons. The van der Waals surface area contributed by atoms with Gasteiger partial charge >= 0.3 is 23.3 Å². The molecule has 0 saturated carbocycles. The minimum Gasteiger partial charge on any atom is -0.480 e. The van der Waals surface area contributed by atoms with Gasteiger partial charge in [-0.3, -0.25) is 38.4 Å². The van der Waals surface area contributed by atoms with Gasteiger partial charge in [-0.05, 0) is 109 Å². The molecule has 0 aliphatic heterocycles. The van der Waals surface area contributed by atoms with Crippen LogP contribution in [0.2, 0.25) is 0 Å². The summed E-state index contributed by atoms with van der Waals surface area (Å²) in [6, 6.07) is 29.6. The summed E-state index contributed by atoms with van der Waals surface area (Å²) in [4.78, 5) is 135. The fourth-order valence-corrected chi connectivity index (χ4v) is 10.8. The summed E-state index contributed by atoms with van der Waals surface area (Å²) < 4.78 is 16.4. The summed E-state index contributed by atoms with van der Waals surface area (Å²) in [7, 11) is 0. The number of H-pyrrole nitrogens is 2. The maximum absolute atomic E-state index is 14.4. The number of rotatable bonds is 21. The van der Waals surface area contributed by atoms with Gasteiger partial charge in [-0.2, -0.15) is 0 Å². The fourth-order valence-electron chi connectivity index (χ4n) is 10.8. The largest absolute Gasteiger partial charge is 0.480 e. The topological polar surface area (TPSA) is 332 Å². The van der Waals surface area contributed by atoms with Gasteiger partial charge in [-0.15, -0.1) is 0 Å². The van der Waals surface area contributed by atoms with Crippen LogP contribution in [0.5, 0.6) is 0 Å². The molecule has 10 rings (SSSR count). The van der Waals surface area contributed by atoms with Crippen molar-refractivity contribution < 1.29 is 48.5 Å². The monoisotopic (exact) mass is 1110 g/mol. The number of carboxylic acid groups (broad SMARTS) is 2. The summed E-state index contributed by atoms with van der Waals surface area (Å²) in [5.41, 5.74) is 15.6. The number of primary amides is 2. The standard InChI is InChI=1S/C60H50N8O14/c1-31-47(43-13-3-5-21-65(43)51(31)53(73)35-15-17-37-41(27-35)63-59(79)67(57(37)77)29-45(69)70)39-11-7-9-33(49(39)55(61)75)19-23-81-25-26-82-24-20-34-10-8-12-40(50(34)56(62)76)48-32(2)52(66-22-6-4-14-44(48)66)54(74)36-16-18-38-42(28-36)64-60(80)68(58(38)78)30-46(71)72/h3-18,21-22,27-28H,19-20,23-26,29-30H2,1-2H3,(H2,61,75)(H2,62,76)(H,63,79)(H,64,80)(H,69,70)(H,71,72). The number of hydrogen-bond donors (Lipinski definition) is 6. The maximum Gasteiger partial charge on any atom is 0.329 e. The van der Waals surface area contributed by atoms with Crippen molar-refractivity contribution in [2.45, 2.75) is 39.8 Å². The third-order valence-corrected chi connectivity index (χ3v) is 14.4. The Hall–Kier alpha value is -10.6. The molecule has 2 amide bonds. The van der Waals surface area contributed by atoms with Gasteiger partial charge in [0.05, 0.1) is 81.8 Å². The average molecular weight is 1110 g/mol. The van der Waals surface area contributed by atoms with Crippen LogP contribution in [-0.2, 0) is 45.0 Å². The van der Waals surface area contributed by atoms with E-state index in [1.54, 1.807) is 108 Å². The zero-order valence-electron chi connectivity index (χ0n) is 43.9. The van der Waals surface area contributed by atoms with Crippen LogP contribution in [0.1, 0.15) is 75.1 Å². The third-order valence-electron chi connectivity index (χ3n) is 14.4. The molecular weight excluding hydrogens is 1060 g/mol. The van der Waals surface area contributed by atoms with Crippen molar-refractivity contribution in [2.24, 2.45) is 11.5 Å². The van der Waals surface area contributed by atoms with E-state index in [1.807, 2.05) is 0 Å². The molecule has 0 bridgehead atoms. The highest BCUT2D eigenvalue weighted by atomic mass is 16.5. The van der Waals surface area contributed by atoms with E-state index in [4.69, 9.17) is 20.9 Å². The second-order valence-corrected chi connectivity index (χ2v) is 19.4. The number of amides is 2. The number of hydrogen-bond acceptors (Lipinski definition) is 12. The van der Waals surface area contributed by atoms with Crippen molar-refractivity contribution in [2.75, 3.05) is 26.4 Å². The van der Waals surface area contributed by atoms with Crippen LogP contribution in [0.4, 0.5) is 0 Å². The van der Waals surface area contributed by atoms with E-state index in [9.17, 15) is 58.2 Å². The summed E-state index contributed by atoms with van der Waals surface area (Å²) in [5, 5.41) is 18.4. The zero-order chi connectivity index (χ0) is 58.3. The summed E-state index contributed by atoms with van der Waals surface area (Å²) in [6.45, 7) is 2.52. The molecule has 0 aliphatic carbocycles. The van der Waals surface area contributed by atoms with Gasteiger partial charge in [0.1, 0.15) is 13.1 Å². The van der Waals surface area contributed by atoms with Crippen LogP contribution in [0.25, 0.3) is 55.1 Å². The number of ketones is 2. The molecule has 0 fully saturated rings. The van der Waals surface area contributed by atoms with Crippen LogP contribution >= 0.6 is 0 Å². The lowest BCUT2D eigenvalue weighted by molar-refractivity contribution is -0.138. The lowest BCUT2D eigenvalue weighted by Gasteiger charge is -2.14. The SMILES string of the molecule is Cc1c(-c2cccc(CCOCCOCCc3cccc(-c4c(C)c(C(=O)c5ccc6c(=O)n(CC(=O)O)c(=O)[nH]c6c5)n5ccccc45)c3C(N)=O)c2C(N)=O)c2ccccn2c1C(=O)c1ccc2c(=O)n(CC(=O)O)c(=O)[nH]c2c1. The van der Waals surface area contributed by atoms with Crippen LogP contribution in [0, 0.1) is 13.8 Å². The number of aliphatic carboxylic acids is 2. The Labute approximate surface area is 462 Å². The normalized spacial score (nSPS) is 11.5. The molecule has 0 atom stereocenters. The number of pyridine rings is 2. The van der Waals surface area contributed by atoms with Gasteiger partial charge in [0.2, 0.25) is 23.4 Å².